The lowest BCUT2D eigenvalue weighted by molar-refractivity contribution is -0.305. The highest BCUT2D eigenvalue weighted by atomic mass is 16.7. The summed E-state index contributed by atoms with van der Waals surface area (Å²) in [6, 6.07) is 0. The zero-order valence-corrected chi connectivity index (χ0v) is 42.2. The van der Waals surface area contributed by atoms with Gasteiger partial charge >= 0.3 is 5.97 Å². The van der Waals surface area contributed by atoms with Crippen LogP contribution in [0.15, 0.2) is 72.9 Å². The number of rotatable bonds is 46. The van der Waals surface area contributed by atoms with Gasteiger partial charge in [0.2, 0.25) is 0 Å². The van der Waals surface area contributed by atoms with Gasteiger partial charge in [0.25, 0.3) is 0 Å². The number of unbranched alkanes of at least 4 members (excludes halogenated alkanes) is 23. The zero-order chi connectivity index (χ0) is 47.8. The Hall–Kier alpha value is -2.37. The molecule has 0 saturated carbocycles. The molecule has 6 atom stereocenters. The second-order valence-electron chi connectivity index (χ2n) is 18.3. The summed E-state index contributed by atoms with van der Waals surface area (Å²) >= 11 is 0. The van der Waals surface area contributed by atoms with E-state index in [9.17, 15) is 25.2 Å². The average Bonchev–Trinajstić information content (AvgIpc) is 3.32. The SMILES string of the molecule is CC/C=C\C/C=C\C/C=C\C/C=C\C/C=C\CCCCCCOCC(COC1OC(CO)C(O)C(O)C1O)OC(=O)CCCCCCCCCCCCC/C=C\CCCCCCCCCC. The normalized spacial score (nSPS) is 19.9. The predicted molar refractivity (Wildman–Crippen MR) is 274 cm³/mol. The molecule has 0 aliphatic carbocycles. The number of aliphatic hydroxyl groups is 4. The molecule has 0 spiro atoms. The van der Waals surface area contributed by atoms with E-state index in [0.717, 1.165) is 83.5 Å². The summed E-state index contributed by atoms with van der Waals surface area (Å²) in [6.45, 7) is 4.40. The summed E-state index contributed by atoms with van der Waals surface area (Å²) in [4.78, 5) is 12.9. The van der Waals surface area contributed by atoms with E-state index < -0.39 is 43.4 Å². The first-order valence-electron chi connectivity index (χ1n) is 27.0. The molecule has 1 aliphatic rings. The minimum Gasteiger partial charge on any atom is -0.457 e. The van der Waals surface area contributed by atoms with Gasteiger partial charge in [-0.25, -0.2) is 0 Å². The summed E-state index contributed by atoms with van der Waals surface area (Å²) in [7, 11) is 0. The lowest BCUT2D eigenvalue weighted by atomic mass is 9.99. The number of hydrogen-bond acceptors (Lipinski definition) is 9. The van der Waals surface area contributed by atoms with Crippen LogP contribution in [0.3, 0.4) is 0 Å². The van der Waals surface area contributed by atoms with Gasteiger partial charge in [0, 0.05) is 13.0 Å². The van der Waals surface area contributed by atoms with E-state index in [-0.39, 0.29) is 19.2 Å². The Kier molecular flexibility index (Phi) is 44.5. The van der Waals surface area contributed by atoms with Gasteiger partial charge in [-0.15, -0.1) is 0 Å². The third-order valence-electron chi connectivity index (χ3n) is 12.1. The number of ether oxygens (including phenoxy) is 4. The van der Waals surface area contributed by atoms with E-state index in [1.807, 2.05) is 0 Å². The minimum atomic E-state index is -1.55. The van der Waals surface area contributed by atoms with E-state index in [1.165, 1.54) is 116 Å². The van der Waals surface area contributed by atoms with E-state index in [0.29, 0.717) is 13.0 Å². The molecule has 0 bridgehead atoms. The molecular formula is C57H100O9. The van der Waals surface area contributed by atoms with Crippen molar-refractivity contribution in [3.8, 4) is 0 Å². The minimum absolute atomic E-state index is 0.125. The van der Waals surface area contributed by atoms with Gasteiger partial charge in [-0.3, -0.25) is 4.79 Å². The lowest BCUT2D eigenvalue weighted by Crippen LogP contribution is -2.59. The van der Waals surface area contributed by atoms with E-state index in [2.05, 4.69) is 86.8 Å². The van der Waals surface area contributed by atoms with E-state index in [1.54, 1.807) is 0 Å². The van der Waals surface area contributed by atoms with Gasteiger partial charge in [0.1, 0.15) is 30.5 Å². The smallest absolute Gasteiger partial charge is 0.306 e. The van der Waals surface area contributed by atoms with Crippen LogP contribution in [-0.4, -0.2) is 89.6 Å². The monoisotopic (exact) mass is 929 g/mol. The van der Waals surface area contributed by atoms with Gasteiger partial charge in [-0.1, -0.05) is 202 Å². The highest BCUT2D eigenvalue weighted by Crippen LogP contribution is 2.23. The summed E-state index contributed by atoms with van der Waals surface area (Å²) < 4.78 is 22.9. The van der Waals surface area contributed by atoms with Crippen molar-refractivity contribution in [3.05, 3.63) is 72.9 Å². The zero-order valence-electron chi connectivity index (χ0n) is 42.2. The Bertz CT molecular complexity index is 1240. The fourth-order valence-electron chi connectivity index (χ4n) is 7.93. The molecule has 0 aromatic heterocycles. The summed E-state index contributed by atoms with van der Waals surface area (Å²) in [6.07, 6.45) is 56.5. The highest BCUT2D eigenvalue weighted by Gasteiger charge is 2.44. The van der Waals surface area contributed by atoms with Crippen molar-refractivity contribution in [3.63, 3.8) is 0 Å². The lowest BCUT2D eigenvalue weighted by Gasteiger charge is -2.39. The van der Waals surface area contributed by atoms with Crippen LogP contribution in [0.1, 0.15) is 219 Å². The molecule has 4 N–H and O–H groups in total. The Balaban J connectivity index is 2.21. The first-order valence-corrected chi connectivity index (χ1v) is 27.0. The molecule has 1 heterocycles. The molecular weight excluding hydrogens is 829 g/mol. The highest BCUT2D eigenvalue weighted by molar-refractivity contribution is 5.69. The van der Waals surface area contributed by atoms with Gasteiger partial charge in [-0.05, 0) is 83.5 Å². The molecule has 9 nitrogen and oxygen atoms in total. The summed E-state index contributed by atoms with van der Waals surface area (Å²) in [5.74, 6) is -0.324. The van der Waals surface area contributed by atoms with Crippen molar-refractivity contribution in [2.24, 2.45) is 0 Å². The second-order valence-corrected chi connectivity index (χ2v) is 18.3. The van der Waals surface area contributed by atoms with Crippen LogP contribution in [0, 0.1) is 0 Å². The maximum absolute atomic E-state index is 12.9. The van der Waals surface area contributed by atoms with Crippen molar-refractivity contribution < 1.29 is 44.2 Å². The topological polar surface area (TPSA) is 135 Å². The molecule has 1 aliphatic heterocycles. The van der Waals surface area contributed by atoms with Crippen LogP contribution in [-0.2, 0) is 23.7 Å². The number of carbonyl (C=O) groups excluding carboxylic acids is 1. The van der Waals surface area contributed by atoms with Crippen LogP contribution in [0.25, 0.3) is 0 Å². The van der Waals surface area contributed by atoms with Crippen LogP contribution in [0.5, 0.6) is 0 Å². The first-order chi connectivity index (χ1) is 32.4. The molecule has 0 amide bonds. The summed E-state index contributed by atoms with van der Waals surface area (Å²) in [5, 5.41) is 40.3. The number of esters is 1. The number of carbonyl (C=O) groups is 1. The van der Waals surface area contributed by atoms with E-state index in [4.69, 9.17) is 18.9 Å². The molecule has 0 radical (unpaired) electrons. The third kappa shape index (κ3) is 37.6. The molecule has 0 aromatic carbocycles. The van der Waals surface area contributed by atoms with Crippen LogP contribution in [0.4, 0.5) is 0 Å². The van der Waals surface area contributed by atoms with Gasteiger partial charge in [0.15, 0.2) is 6.29 Å². The standard InChI is InChI=1S/C57H100O9/c1-3-5-7-9-11-13-15-17-19-21-23-25-26-27-28-30-32-34-36-38-40-42-44-46-53(59)65-51(50-64-57-56(62)55(61)54(60)52(48-58)66-57)49-63-47-45-43-41-39-37-35-33-31-29-24-22-20-18-16-14-12-10-8-6-4-2/h6,8,12,14,18,20-21,23-24,29,33,35,51-52,54-58,60-62H,3-5,7,9-11,13,15-17,19,22,25-28,30-32,34,36-50H2,1-2H3/b8-6-,14-12-,20-18-,23-21-,29-24-,35-33-. The Morgan fingerprint density at radius 3 is 1.41 bits per heavy atom. The van der Waals surface area contributed by atoms with Crippen molar-refractivity contribution in [2.75, 3.05) is 26.4 Å². The molecule has 1 rings (SSSR count). The average molecular weight is 929 g/mol. The molecule has 1 fully saturated rings. The largest absolute Gasteiger partial charge is 0.457 e. The quantitative estimate of drug-likeness (QED) is 0.0267. The number of aliphatic hydroxyl groups excluding tert-OH is 4. The van der Waals surface area contributed by atoms with Crippen molar-refractivity contribution in [1.82, 2.24) is 0 Å². The van der Waals surface area contributed by atoms with Crippen LogP contribution < -0.4 is 0 Å². The fourth-order valence-corrected chi connectivity index (χ4v) is 7.93. The Morgan fingerprint density at radius 2 is 0.924 bits per heavy atom. The first kappa shape index (κ1) is 61.6. The predicted octanol–water partition coefficient (Wildman–Crippen LogP) is 13.6. The number of hydrogen-bond donors (Lipinski definition) is 4. The third-order valence-corrected chi connectivity index (χ3v) is 12.1. The number of allylic oxidation sites excluding steroid dienone is 12. The second kappa shape index (κ2) is 47.7. The van der Waals surface area contributed by atoms with E-state index >= 15 is 0 Å². The molecule has 0 aromatic rings. The summed E-state index contributed by atoms with van der Waals surface area (Å²) in [5.41, 5.74) is 0. The molecule has 6 unspecified atom stereocenters. The maximum atomic E-state index is 12.9. The molecule has 1 saturated heterocycles. The maximum Gasteiger partial charge on any atom is 0.306 e. The Morgan fingerprint density at radius 1 is 0.500 bits per heavy atom. The van der Waals surface area contributed by atoms with Gasteiger partial charge in [-0.2, -0.15) is 0 Å². The molecule has 382 valence electrons. The van der Waals surface area contributed by atoms with Crippen LogP contribution in [0.2, 0.25) is 0 Å². The molecule has 66 heavy (non-hydrogen) atoms. The fraction of sp³-hybridized carbons (Fsp3) is 0.772. The van der Waals surface area contributed by atoms with Gasteiger partial charge < -0.3 is 39.4 Å². The van der Waals surface area contributed by atoms with Crippen LogP contribution >= 0.6 is 0 Å². The Labute approximate surface area is 404 Å². The van der Waals surface area contributed by atoms with Crippen molar-refractivity contribution in [2.45, 2.75) is 256 Å². The van der Waals surface area contributed by atoms with Crippen molar-refractivity contribution in [1.29, 1.82) is 0 Å². The van der Waals surface area contributed by atoms with Gasteiger partial charge in [0.05, 0.1) is 19.8 Å². The molecule has 9 heteroatoms. The van der Waals surface area contributed by atoms with Crippen molar-refractivity contribution >= 4 is 5.97 Å².